The molecule has 1 aliphatic heterocycles. The summed E-state index contributed by atoms with van der Waals surface area (Å²) in [7, 11) is 1.95. The minimum Gasteiger partial charge on any atom is -0.477 e. The van der Waals surface area contributed by atoms with Crippen molar-refractivity contribution in [1.82, 2.24) is 25.4 Å². The number of aldehydes is 1. The van der Waals surface area contributed by atoms with Crippen LogP contribution in [0.4, 0.5) is 25.4 Å². The van der Waals surface area contributed by atoms with Crippen LogP contribution in [-0.4, -0.2) is 103 Å². The maximum absolute atomic E-state index is 15.2. The first-order valence-corrected chi connectivity index (χ1v) is 20.2. The van der Waals surface area contributed by atoms with Gasteiger partial charge in [-0.2, -0.15) is 0 Å². The predicted molar refractivity (Wildman–Crippen MR) is 229 cm³/mol. The van der Waals surface area contributed by atoms with Gasteiger partial charge in [-0.05, 0) is 63.1 Å². The number of nitrogens with zero attached hydrogens (tertiary/aromatic N) is 3. The van der Waals surface area contributed by atoms with Gasteiger partial charge in [0.15, 0.2) is 0 Å². The number of nitrogens with two attached hydrogens (primary N) is 1. The van der Waals surface area contributed by atoms with Gasteiger partial charge in [0.25, 0.3) is 0 Å². The quantitative estimate of drug-likeness (QED) is 0.104. The van der Waals surface area contributed by atoms with E-state index < -0.39 is 52.1 Å². The van der Waals surface area contributed by atoms with Gasteiger partial charge in [0, 0.05) is 62.6 Å². The lowest BCUT2D eigenvalue weighted by atomic mass is 9.69. The van der Waals surface area contributed by atoms with Crippen LogP contribution in [0.1, 0.15) is 83.1 Å². The Morgan fingerprint density at radius 2 is 1.62 bits per heavy atom. The molecule has 0 unspecified atom stereocenters. The average molecular weight is 841 g/mol. The number of aryl methyl sites for hydroxylation is 1. The summed E-state index contributed by atoms with van der Waals surface area (Å²) in [5.41, 5.74) is 4.39. The number of primary amides is 1. The molecule has 0 spiro atoms. The van der Waals surface area contributed by atoms with Gasteiger partial charge in [0.05, 0.1) is 17.7 Å². The van der Waals surface area contributed by atoms with E-state index in [-0.39, 0.29) is 37.3 Å². The third-order valence-electron chi connectivity index (χ3n) is 9.66. The summed E-state index contributed by atoms with van der Waals surface area (Å²) in [6, 6.07) is 9.45. The zero-order valence-corrected chi connectivity index (χ0v) is 35.7. The second kappa shape index (κ2) is 24.8. The number of carbonyl (C=O) groups is 6. The second-order valence-corrected chi connectivity index (χ2v) is 14.1. The van der Waals surface area contributed by atoms with Crippen molar-refractivity contribution in [2.24, 2.45) is 11.1 Å². The van der Waals surface area contributed by atoms with E-state index in [1.165, 1.54) is 17.2 Å². The Morgan fingerprint density at radius 3 is 2.08 bits per heavy atom. The predicted octanol–water partition coefficient (Wildman–Crippen LogP) is 4.45. The Bertz CT molecular complexity index is 1980. The topological polar surface area (TPSA) is 234 Å². The average Bonchev–Trinajstić information content (AvgIpc) is 3.22. The van der Waals surface area contributed by atoms with Crippen molar-refractivity contribution >= 4 is 58.5 Å². The minimum absolute atomic E-state index is 0.0106. The highest BCUT2D eigenvalue weighted by Crippen LogP contribution is 2.39. The van der Waals surface area contributed by atoms with Crippen LogP contribution in [0.5, 0.6) is 0 Å². The van der Waals surface area contributed by atoms with Crippen molar-refractivity contribution in [2.45, 2.75) is 86.4 Å². The molecule has 0 bridgehead atoms. The van der Waals surface area contributed by atoms with Gasteiger partial charge < -0.3 is 56.0 Å². The fourth-order valence-corrected chi connectivity index (χ4v) is 5.85. The molecule has 5 amide bonds. The number of hydrogen-bond acceptors (Lipinski definition) is 10. The number of carboxylic acid groups (broad SMARTS) is 1. The summed E-state index contributed by atoms with van der Waals surface area (Å²) in [6.07, 6.45) is 4.08. The normalized spacial score (nSPS) is 13.8. The molecule has 0 radical (unpaired) electrons. The van der Waals surface area contributed by atoms with Gasteiger partial charge in [-0.25, -0.2) is 18.8 Å². The number of rotatable bonds is 13. The van der Waals surface area contributed by atoms with Crippen molar-refractivity contribution in [2.75, 3.05) is 56.5 Å². The van der Waals surface area contributed by atoms with Crippen molar-refractivity contribution in [1.29, 1.82) is 0 Å². The maximum atomic E-state index is 15.2. The number of amides is 5. The number of carboxylic acids is 1. The standard InChI is InChI=1S/C32H34FN5O8.C4H10N2O.C4H11N.C2H6/c1-2-36-17-23(29(42)43)28(41)22-14-24(33)26(15-25(22)36)37-10-12-38(13-11-37)31(45)46-18-20-4-6-21(7-5-20)35-27(40)16-34-30(44)32(19-39)8-3-9-32;1-2-3-6-4(5)7;1-4(2)5-3;1-2/h4-7,14-15,17,19H,2-3,8-13,16,18H2,1H3,(H,34,44)(H,35,40)(H,42,43);2-3H2,1H3,(H3,5,6,7);4-5H,1-3H3;1-2H3. The Morgan fingerprint density at radius 1 is 1.00 bits per heavy atom. The molecule has 2 aliphatic rings. The van der Waals surface area contributed by atoms with Crippen LogP contribution in [0.25, 0.3) is 10.9 Å². The van der Waals surface area contributed by atoms with Gasteiger partial charge in [-0.1, -0.05) is 53.2 Å². The third-order valence-corrected chi connectivity index (χ3v) is 9.66. The number of anilines is 2. The number of urea groups is 1. The van der Waals surface area contributed by atoms with Crippen LogP contribution in [0.3, 0.4) is 0 Å². The Hall–Kier alpha value is -6.04. The molecule has 2 fully saturated rings. The van der Waals surface area contributed by atoms with E-state index in [2.05, 4.69) is 35.1 Å². The van der Waals surface area contributed by atoms with Crippen molar-refractivity contribution in [3.05, 3.63) is 69.8 Å². The molecular formula is C42H61FN8O9. The lowest BCUT2D eigenvalue weighted by Gasteiger charge is -2.35. The summed E-state index contributed by atoms with van der Waals surface area (Å²) in [6.45, 7) is 13.9. The van der Waals surface area contributed by atoms with Gasteiger partial charge in [-0.3, -0.25) is 14.4 Å². The number of aromatic nitrogens is 1. The van der Waals surface area contributed by atoms with E-state index >= 15 is 4.39 Å². The highest BCUT2D eigenvalue weighted by Gasteiger charge is 2.44. The highest BCUT2D eigenvalue weighted by atomic mass is 19.1. The Balaban J connectivity index is 0.000000768. The van der Waals surface area contributed by atoms with E-state index in [1.54, 1.807) is 40.7 Å². The molecule has 0 atom stereocenters. The number of aromatic carboxylic acids is 1. The molecule has 3 aromatic rings. The molecule has 1 aliphatic carbocycles. The number of nitrogens with one attached hydrogen (secondary N) is 4. The van der Waals surface area contributed by atoms with Gasteiger partial charge >= 0.3 is 18.1 Å². The highest BCUT2D eigenvalue weighted by molar-refractivity contribution is 6.01. The Labute approximate surface area is 350 Å². The summed E-state index contributed by atoms with van der Waals surface area (Å²) >= 11 is 0. The number of pyridine rings is 1. The van der Waals surface area contributed by atoms with E-state index in [0.717, 1.165) is 18.9 Å². The van der Waals surface area contributed by atoms with E-state index in [9.17, 15) is 38.7 Å². The monoisotopic (exact) mass is 840 g/mol. The summed E-state index contributed by atoms with van der Waals surface area (Å²) in [4.78, 5) is 85.7. The molecule has 2 aromatic carbocycles. The number of piperazine rings is 1. The molecule has 1 saturated heterocycles. The molecule has 330 valence electrons. The van der Waals surface area contributed by atoms with Gasteiger partial charge in [0.1, 0.15) is 29.7 Å². The number of ether oxygens (including phenoxy) is 1. The molecule has 1 saturated carbocycles. The van der Waals surface area contributed by atoms with E-state index in [0.29, 0.717) is 68.1 Å². The molecule has 18 heteroatoms. The van der Waals surface area contributed by atoms with E-state index in [1.807, 2.05) is 27.8 Å². The fourth-order valence-electron chi connectivity index (χ4n) is 5.85. The third kappa shape index (κ3) is 14.4. The molecule has 17 nitrogen and oxygen atoms in total. The Kier molecular flexibility index (Phi) is 20.7. The van der Waals surface area contributed by atoms with Crippen LogP contribution < -0.4 is 37.3 Å². The number of fused-ring (bicyclic) bond motifs is 1. The summed E-state index contributed by atoms with van der Waals surface area (Å²) in [5, 5.41) is 20.0. The van der Waals surface area contributed by atoms with Gasteiger partial charge in [-0.15, -0.1) is 0 Å². The lowest BCUT2D eigenvalue weighted by Crippen LogP contribution is -2.49. The van der Waals surface area contributed by atoms with Crippen LogP contribution in [0, 0.1) is 11.2 Å². The zero-order valence-electron chi connectivity index (χ0n) is 35.7. The molecule has 2 heterocycles. The van der Waals surface area contributed by atoms with Crippen LogP contribution in [0.15, 0.2) is 47.4 Å². The largest absolute Gasteiger partial charge is 0.477 e. The number of carbonyl (C=O) groups excluding carboxylic acids is 5. The molecular weight excluding hydrogens is 780 g/mol. The smallest absolute Gasteiger partial charge is 0.410 e. The van der Waals surface area contributed by atoms with Crippen molar-refractivity contribution < 1.29 is 43.0 Å². The molecule has 1 aromatic heterocycles. The first kappa shape index (κ1) is 50.1. The summed E-state index contributed by atoms with van der Waals surface area (Å²) < 4.78 is 22.2. The zero-order chi connectivity index (χ0) is 45.0. The van der Waals surface area contributed by atoms with Gasteiger partial charge in [0.2, 0.25) is 17.2 Å². The number of benzene rings is 2. The molecule has 60 heavy (non-hydrogen) atoms. The van der Waals surface area contributed by atoms with Crippen LogP contribution in [0.2, 0.25) is 0 Å². The summed E-state index contributed by atoms with van der Waals surface area (Å²) in [5.74, 6) is -2.91. The SMILES string of the molecule is CC.CCCNC(N)=O.CCn1cc(C(=O)O)c(=O)c2cc(F)c(N3CCN(C(=O)OCc4ccc(NC(=O)CNC(=O)C5(C=O)CCC5)cc4)CC3)cc21.CNC(C)C. The molecule has 7 N–H and O–H groups in total. The first-order valence-electron chi connectivity index (χ1n) is 20.2. The van der Waals surface area contributed by atoms with Crippen LogP contribution in [-0.2, 0) is 32.3 Å². The van der Waals surface area contributed by atoms with Crippen LogP contribution >= 0.6 is 0 Å². The maximum Gasteiger partial charge on any atom is 0.410 e. The minimum atomic E-state index is -1.37. The fraction of sp³-hybridized carbons (Fsp3) is 0.500. The number of hydrogen-bond donors (Lipinski definition) is 6. The number of halogens is 1. The second-order valence-electron chi connectivity index (χ2n) is 14.1. The van der Waals surface area contributed by atoms with Crippen molar-refractivity contribution in [3.8, 4) is 0 Å². The van der Waals surface area contributed by atoms with E-state index in [4.69, 9.17) is 10.5 Å². The molecule has 5 rings (SSSR count). The lowest BCUT2D eigenvalue weighted by molar-refractivity contribution is -0.142. The van der Waals surface area contributed by atoms with Crippen molar-refractivity contribution in [3.63, 3.8) is 0 Å². The first-order chi connectivity index (χ1) is 28.6.